The average Bonchev–Trinajstić information content (AvgIpc) is 2.53. The van der Waals surface area contributed by atoms with Gasteiger partial charge in [0, 0.05) is 12.5 Å². The fourth-order valence-corrected chi connectivity index (χ4v) is 1.76. The lowest BCUT2D eigenvalue weighted by Gasteiger charge is -2.24. The Labute approximate surface area is 80.1 Å². The number of hydrogen-bond acceptors (Lipinski definition) is 2. The van der Waals surface area contributed by atoms with Crippen LogP contribution in [0.5, 0.6) is 0 Å². The molecule has 1 aliphatic rings. The maximum atomic E-state index is 11.9. The van der Waals surface area contributed by atoms with Gasteiger partial charge in [0.15, 0.2) is 0 Å². The molecule has 1 amide bonds. The quantitative estimate of drug-likeness (QED) is 0.668. The van der Waals surface area contributed by atoms with Crippen LogP contribution in [0.25, 0.3) is 0 Å². The van der Waals surface area contributed by atoms with Gasteiger partial charge in [-0.15, -0.1) is 0 Å². The molecule has 1 atom stereocenters. The maximum absolute atomic E-state index is 11.9. The first-order chi connectivity index (χ1) is 6.20. The summed E-state index contributed by atoms with van der Waals surface area (Å²) in [6.07, 6.45) is 1.84. The molecule has 0 aromatic heterocycles. The highest BCUT2D eigenvalue weighted by molar-refractivity contribution is 5.79. The van der Waals surface area contributed by atoms with Crippen LogP contribution < -0.4 is 0 Å². The highest BCUT2D eigenvalue weighted by atomic mass is 16.5. The summed E-state index contributed by atoms with van der Waals surface area (Å²) in [7, 11) is 0. The van der Waals surface area contributed by atoms with Crippen LogP contribution in [0.2, 0.25) is 0 Å². The highest BCUT2D eigenvalue weighted by Gasteiger charge is 2.29. The zero-order valence-corrected chi connectivity index (χ0v) is 8.75. The van der Waals surface area contributed by atoms with Crippen molar-refractivity contribution in [1.29, 1.82) is 0 Å². The van der Waals surface area contributed by atoms with Gasteiger partial charge in [-0.3, -0.25) is 4.79 Å². The first-order valence-corrected chi connectivity index (χ1v) is 5.12. The van der Waals surface area contributed by atoms with Crippen LogP contribution in [0.4, 0.5) is 0 Å². The second-order valence-corrected chi connectivity index (χ2v) is 3.52. The van der Waals surface area contributed by atoms with Crippen molar-refractivity contribution in [1.82, 2.24) is 4.90 Å². The molecule has 1 heterocycles. The van der Waals surface area contributed by atoms with Crippen molar-refractivity contribution in [2.45, 2.75) is 39.8 Å². The minimum Gasteiger partial charge on any atom is -0.357 e. The van der Waals surface area contributed by atoms with E-state index in [1.165, 1.54) is 0 Å². The SMILES string of the molecule is CCC(CC)C(=O)N1CCOC1C. The van der Waals surface area contributed by atoms with E-state index in [9.17, 15) is 4.79 Å². The van der Waals surface area contributed by atoms with Crippen molar-refractivity contribution in [3.8, 4) is 0 Å². The van der Waals surface area contributed by atoms with E-state index in [4.69, 9.17) is 4.74 Å². The summed E-state index contributed by atoms with van der Waals surface area (Å²) in [6, 6.07) is 0. The third-order valence-electron chi connectivity index (χ3n) is 2.75. The summed E-state index contributed by atoms with van der Waals surface area (Å²) in [5.74, 6) is 0.444. The van der Waals surface area contributed by atoms with E-state index >= 15 is 0 Å². The van der Waals surface area contributed by atoms with Crippen molar-refractivity contribution in [2.24, 2.45) is 5.92 Å². The number of hydrogen-bond donors (Lipinski definition) is 0. The summed E-state index contributed by atoms with van der Waals surface area (Å²) in [4.78, 5) is 13.7. The molecule has 76 valence electrons. The van der Waals surface area contributed by atoms with E-state index in [0.717, 1.165) is 19.4 Å². The number of ether oxygens (including phenoxy) is 1. The Balaban J connectivity index is 2.54. The van der Waals surface area contributed by atoms with Gasteiger partial charge in [-0.25, -0.2) is 0 Å². The van der Waals surface area contributed by atoms with Crippen LogP contribution in [0.1, 0.15) is 33.6 Å². The van der Waals surface area contributed by atoms with E-state index in [1.54, 1.807) is 0 Å². The zero-order chi connectivity index (χ0) is 9.84. The topological polar surface area (TPSA) is 29.5 Å². The molecule has 13 heavy (non-hydrogen) atoms. The van der Waals surface area contributed by atoms with Crippen LogP contribution in [0.15, 0.2) is 0 Å². The summed E-state index contributed by atoms with van der Waals surface area (Å²) in [5.41, 5.74) is 0. The molecular formula is C10H19NO2. The van der Waals surface area contributed by atoms with Gasteiger partial charge < -0.3 is 9.64 Å². The third kappa shape index (κ3) is 2.21. The van der Waals surface area contributed by atoms with Crippen molar-refractivity contribution < 1.29 is 9.53 Å². The Kier molecular flexibility index (Phi) is 3.72. The zero-order valence-electron chi connectivity index (χ0n) is 8.75. The summed E-state index contributed by atoms with van der Waals surface area (Å²) < 4.78 is 5.33. The number of nitrogens with zero attached hydrogens (tertiary/aromatic N) is 1. The maximum Gasteiger partial charge on any atom is 0.227 e. The van der Waals surface area contributed by atoms with Gasteiger partial charge in [0.2, 0.25) is 5.91 Å². The Hall–Kier alpha value is -0.570. The fraction of sp³-hybridized carbons (Fsp3) is 0.900. The van der Waals surface area contributed by atoms with Crippen molar-refractivity contribution >= 4 is 5.91 Å². The Morgan fingerprint density at radius 2 is 2.15 bits per heavy atom. The van der Waals surface area contributed by atoms with Crippen LogP contribution in [-0.2, 0) is 9.53 Å². The smallest absolute Gasteiger partial charge is 0.227 e. The summed E-state index contributed by atoms with van der Waals surface area (Å²) >= 11 is 0. The molecule has 1 unspecified atom stereocenters. The van der Waals surface area contributed by atoms with Crippen molar-refractivity contribution in [2.75, 3.05) is 13.2 Å². The average molecular weight is 185 g/mol. The lowest BCUT2D eigenvalue weighted by atomic mass is 10.0. The van der Waals surface area contributed by atoms with Gasteiger partial charge in [0.1, 0.15) is 6.23 Å². The van der Waals surface area contributed by atoms with Crippen molar-refractivity contribution in [3.05, 3.63) is 0 Å². The number of rotatable bonds is 3. The molecular weight excluding hydrogens is 166 g/mol. The van der Waals surface area contributed by atoms with E-state index in [0.29, 0.717) is 6.61 Å². The Morgan fingerprint density at radius 3 is 2.54 bits per heavy atom. The summed E-state index contributed by atoms with van der Waals surface area (Å²) in [6.45, 7) is 7.51. The molecule has 0 aromatic carbocycles. The highest BCUT2D eigenvalue weighted by Crippen LogP contribution is 2.17. The molecule has 0 spiro atoms. The monoisotopic (exact) mass is 185 g/mol. The summed E-state index contributed by atoms with van der Waals surface area (Å²) in [5, 5.41) is 0. The molecule has 1 rings (SSSR count). The number of amides is 1. The first-order valence-electron chi connectivity index (χ1n) is 5.12. The van der Waals surface area contributed by atoms with Gasteiger partial charge in [-0.05, 0) is 19.8 Å². The predicted molar refractivity (Wildman–Crippen MR) is 51.2 cm³/mol. The standard InChI is InChI=1S/C10H19NO2/c1-4-9(5-2)10(12)11-6-7-13-8(11)3/h8-9H,4-7H2,1-3H3. The lowest BCUT2D eigenvalue weighted by Crippen LogP contribution is -2.38. The molecule has 3 nitrogen and oxygen atoms in total. The molecule has 3 heteroatoms. The molecule has 1 aliphatic heterocycles. The molecule has 0 aliphatic carbocycles. The van der Waals surface area contributed by atoms with E-state index in [-0.39, 0.29) is 18.1 Å². The second-order valence-electron chi connectivity index (χ2n) is 3.52. The van der Waals surface area contributed by atoms with E-state index < -0.39 is 0 Å². The molecule has 0 saturated carbocycles. The molecule has 1 fully saturated rings. The minimum atomic E-state index is -0.0203. The Morgan fingerprint density at radius 1 is 1.54 bits per heavy atom. The molecule has 0 N–H and O–H groups in total. The van der Waals surface area contributed by atoms with Crippen LogP contribution in [-0.4, -0.2) is 30.2 Å². The Bertz CT molecular complexity index is 178. The van der Waals surface area contributed by atoms with Gasteiger partial charge in [0.05, 0.1) is 6.61 Å². The normalized spacial score (nSPS) is 22.8. The fourth-order valence-electron chi connectivity index (χ4n) is 1.76. The molecule has 0 aromatic rings. The van der Waals surface area contributed by atoms with Gasteiger partial charge >= 0.3 is 0 Å². The van der Waals surface area contributed by atoms with Crippen LogP contribution >= 0.6 is 0 Å². The molecule has 1 saturated heterocycles. The van der Waals surface area contributed by atoms with Gasteiger partial charge in [0.25, 0.3) is 0 Å². The van der Waals surface area contributed by atoms with Crippen molar-refractivity contribution in [3.63, 3.8) is 0 Å². The molecule has 0 bridgehead atoms. The minimum absolute atomic E-state index is 0.0203. The van der Waals surface area contributed by atoms with Gasteiger partial charge in [-0.2, -0.15) is 0 Å². The molecule has 0 radical (unpaired) electrons. The van der Waals surface area contributed by atoms with Crippen LogP contribution in [0, 0.1) is 5.92 Å². The van der Waals surface area contributed by atoms with E-state index in [2.05, 4.69) is 13.8 Å². The number of carbonyl (C=O) groups is 1. The first kappa shape index (κ1) is 10.5. The van der Waals surface area contributed by atoms with Gasteiger partial charge in [-0.1, -0.05) is 13.8 Å². The number of carbonyl (C=O) groups excluding carboxylic acids is 1. The largest absolute Gasteiger partial charge is 0.357 e. The predicted octanol–water partition coefficient (Wildman–Crippen LogP) is 1.63. The van der Waals surface area contributed by atoms with Crippen LogP contribution in [0.3, 0.4) is 0 Å². The third-order valence-corrected chi connectivity index (χ3v) is 2.75. The second kappa shape index (κ2) is 4.61. The lowest BCUT2D eigenvalue weighted by molar-refractivity contribution is -0.139. The van der Waals surface area contributed by atoms with E-state index in [1.807, 2.05) is 11.8 Å².